The minimum absolute atomic E-state index is 0.135. The Morgan fingerprint density at radius 1 is 1.16 bits per heavy atom. The molecule has 0 saturated heterocycles. The molecule has 0 heterocycles. The zero-order chi connectivity index (χ0) is 14.0. The zero-order valence-electron chi connectivity index (χ0n) is 9.54. The quantitative estimate of drug-likeness (QED) is 0.686. The summed E-state index contributed by atoms with van der Waals surface area (Å²) in [6, 6.07) is 10.4. The van der Waals surface area contributed by atoms with Crippen molar-refractivity contribution >= 4 is 23.3 Å². The van der Waals surface area contributed by atoms with Crippen LogP contribution in [0.5, 0.6) is 0 Å². The molecule has 0 unspecified atom stereocenters. The number of halogens is 1. The van der Waals surface area contributed by atoms with E-state index in [1.54, 1.807) is 24.3 Å². The van der Waals surface area contributed by atoms with Crippen LogP contribution in [0.15, 0.2) is 42.5 Å². The second kappa shape index (κ2) is 5.07. The Morgan fingerprint density at radius 3 is 2.47 bits per heavy atom. The van der Waals surface area contributed by atoms with Crippen molar-refractivity contribution < 1.29 is 14.8 Å². The SMILES string of the molecule is O=C(O)c1cc(-c2cccc(Cl)c2)cc([N+](=O)[O-])c1. The van der Waals surface area contributed by atoms with Gasteiger partial charge in [-0.15, -0.1) is 0 Å². The molecule has 0 spiro atoms. The van der Waals surface area contributed by atoms with Crippen LogP contribution in [0.2, 0.25) is 5.02 Å². The van der Waals surface area contributed by atoms with Gasteiger partial charge in [0, 0.05) is 17.2 Å². The lowest BCUT2D eigenvalue weighted by molar-refractivity contribution is -0.384. The molecule has 5 nitrogen and oxygen atoms in total. The van der Waals surface area contributed by atoms with Crippen LogP contribution >= 0.6 is 11.6 Å². The van der Waals surface area contributed by atoms with Gasteiger partial charge in [0.15, 0.2) is 0 Å². The van der Waals surface area contributed by atoms with Gasteiger partial charge < -0.3 is 5.11 Å². The van der Waals surface area contributed by atoms with Gasteiger partial charge in [0.1, 0.15) is 0 Å². The lowest BCUT2D eigenvalue weighted by Gasteiger charge is -2.04. The van der Waals surface area contributed by atoms with Crippen LogP contribution in [-0.4, -0.2) is 16.0 Å². The van der Waals surface area contributed by atoms with Gasteiger partial charge in [-0.1, -0.05) is 23.7 Å². The Hall–Kier alpha value is -2.40. The number of benzene rings is 2. The second-order valence-electron chi connectivity index (χ2n) is 3.84. The van der Waals surface area contributed by atoms with Crippen LogP contribution in [-0.2, 0) is 0 Å². The second-order valence-corrected chi connectivity index (χ2v) is 4.28. The largest absolute Gasteiger partial charge is 0.478 e. The average Bonchev–Trinajstić information content (AvgIpc) is 2.38. The highest BCUT2D eigenvalue weighted by molar-refractivity contribution is 6.30. The van der Waals surface area contributed by atoms with E-state index in [1.807, 2.05) is 0 Å². The Morgan fingerprint density at radius 2 is 1.89 bits per heavy atom. The Balaban J connectivity index is 2.62. The van der Waals surface area contributed by atoms with Gasteiger partial charge in [0.25, 0.3) is 5.69 Å². The summed E-state index contributed by atoms with van der Waals surface area (Å²) in [5.74, 6) is -1.22. The predicted octanol–water partition coefficient (Wildman–Crippen LogP) is 3.61. The Kier molecular flexibility index (Phi) is 3.48. The first-order chi connectivity index (χ1) is 8.97. The van der Waals surface area contributed by atoms with Crippen LogP contribution in [0, 0.1) is 10.1 Å². The number of hydrogen-bond acceptors (Lipinski definition) is 3. The molecule has 0 aromatic heterocycles. The third kappa shape index (κ3) is 2.89. The van der Waals surface area contributed by atoms with E-state index in [4.69, 9.17) is 16.7 Å². The van der Waals surface area contributed by atoms with Crippen LogP contribution < -0.4 is 0 Å². The smallest absolute Gasteiger partial charge is 0.335 e. The molecule has 2 rings (SSSR count). The molecule has 19 heavy (non-hydrogen) atoms. The molecule has 0 radical (unpaired) electrons. The highest BCUT2D eigenvalue weighted by Gasteiger charge is 2.14. The number of carboxylic acids is 1. The summed E-state index contributed by atoms with van der Waals surface area (Å²) < 4.78 is 0. The van der Waals surface area contributed by atoms with E-state index < -0.39 is 10.9 Å². The third-order valence-electron chi connectivity index (χ3n) is 2.53. The number of aromatic carboxylic acids is 1. The maximum absolute atomic E-state index is 11.0. The summed E-state index contributed by atoms with van der Waals surface area (Å²) in [6.45, 7) is 0. The molecule has 0 fully saturated rings. The monoisotopic (exact) mass is 277 g/mol. The number of nitro groups is 1. The van der Waals surface area contributed by atoms with Gasteiger partial charge in [-0.25, -0.2) is 4.79 Å². The third-order valence-corrected chi connectivity index (χ3v) is 2.77. The molecule has 0 aliphatic rings. The highest BCUT2D eigenvalue weighted by atomic mass is 35.5. The summed E-state index contributed by atoms with van der Waals surface area (Å²) >= 11 is 5.85. The lowest BCUT2D eigenvalue weighted by atomic mass is 10.0. The van der Waals surface area contributed by atoms with Crippen molar-refractivity contribution in [3.63, 3.8) is 0 Å². The van der Waals surface area contributed by atoms with E-state index >= 15 is 0 Å². The number of hydrogen-bond donors (Lipinski definition) is 1. The minimum Gasteiger partial charge on any atom is -0.478 e. The summed E-state index contributed by atoms with van der Waals surface area (Å²) in [5.41, 5.74) is 0.659. The zero-order valence-corrected chi connectivity index (χ0v) is 10.3. The van der Waals surface area contributed by atoms with E-state index in [0.29, 0.717) is 16.1 Å². The summed E-state index contributed by atoms with van der Waals surface area (Å²) in [7, 11) is 0. The molecule has 1 N–H and O–H groups in total. The lowest BCUT2D eigenvalue weighted by Crippen LogP contribution is -1.99. The summed E-state index contributed by atoms with van der Waals surface area (Å²) in [4.78, 5) is 21.2. The molecule has 6 heteroatoms. The number of rotatable bonds is 3. The molecule has 0 atom stereocenters. The number of carboxylic acid groups (broad SMARTS) is 1. The summed E-state index contributed by atoms with van der Waals surface area (Å²) in [5, 5.41) is 20.3. The van der Waals surface area contributed by atoms with Gasteiger partial charge >= 0.3 is 5.97 Å². The van der Waals surface area contributed by atoms with Gasteiger partial charge in [-0.3, -0.25) is 10.1 Å². The van der Waals surface area contributed by atoms with Crippen molar-refractivity contribution in [1.29, 1.82) is 0 Å². The van der Waals surface area contributed by atoms with Gasteiger partial charge in [-0.2, -0.15) is 0 Å². The van der Waals surface area contributed by atoms with Crippen molar-refractivity contribution in [2.24, 2.45) is 0 Å². The minimum atomic E-state index is -1.22. The molecule has 0 aliphatic carbocycles. The van der Waals surface area contributed by atoms with E-state index in [2.05, 4.69) is 0 Å². The molecule has 2 aromatic carbocycles. The topological polar surface area (TPSA) is 80.4 Å². The highest BCUT2D eigenvalue weighted by Crippen LogP contribution is 2.27. The molecular weight excluding hydrogens is 270 g/mol. The van der Waals surface area contributed by atoms with Gasteiger partial charge in [0.2, 0.25) is 0 Å². The fraction of sp³-hybridized carbons (Fsp3) is 0. The van der Waals surface area contributed by atoms with Crippen molar-refractivity contribution in [3.8, 4) is 11.1 Å². The van der Waals surface area contributed by atoms with Crippen LogP contribution in [0.4, 0.5) is 5.69 Å². The Labute approximate surface area is 113 Å². The normalized spacial score (nSPS) is 10.2. The fourth-order valence-corrected chi connectivity index (χ4v) is 1.87. The first-order valence-electron chi connectivity index (χ1n) is 5.26. The molecule has 0 bridgehead atoms. The van der Waals surface area contributed by atoms with E-state index in [-0.39, 0.29) is 11.3 Å². The van der Waals surface area contributed by atoms with Gasteiger partial charge in [0.05, 0.1) is 10.5 Å². The molecule has 0 aliphatic heterocycles. The Bertz CT molecular complexity index is 637. The van der Waals surface area contributed by atoms with Crippen LogP contribution in [0.3, 0.4) is 0 Å². The van der Waals surface area contributed by atoms with Crippen LogP contribution in [0.1, 0.15) is 10.4 Å². The first kappa shape index (κ1) is 13.0. The van der Waals surface area contributed by atoms with Crippen LogP contribution in [0.25, 0.3) is 11.1 Å². The van der Waals surface area contributed by atoms with Crippen molar-refractivity contribution in [3.05, 3.63) is 63.2 Å². The van der Waals surface area contributed by atoms with Crippen molar-refractivity contribution in [2.75, 3.05) is 0 Å². The van der Waals surface area contributed by atoms with E-state index in [1.165, 1.54) is 12.1 Å². The van der Waals surface area contributed by atoms with E-state index in [0.717, 1.165) is 6.07 Å². The summed E-state index contributed by atoms with van der Waals surface area (Å²) in [6.07, 6.45) is 0. The number of nitro benzene ring substituents is 1. The predicted molar refractivity (Wildman–Crippen MR) is 70.5 cm³/mol. The standard InChI is InChI=1S/C13H8ClNO4/c14-11-3-1-2-8(5-11)9-4-10(13(16)17)7-12(6-9)15(18)19/h1-7H,(H,16,17). The van der Waals surface area contributed by atoms with Gasteiger partial charge in [-0.05, 0) is 29.3 Å². The molecule has 0 saturated carbocycles. The molecular formula is C13H8ClNO4. The van der Waals surface area contributed by atoms with E-state index in [9.17, 15) is 14.9 Å². The maximum atomic E-state index is 11.0. The first-order valence-corrected chi connectivity index (χ1v) is 5.64. The molecule has 0 amide bonds. The maximum Gasteiger partial charge on any atom is 0.335 e. The fourth-order valence-electron chi connectivity index (χ4n) is 1.67. The van der Waals surface area contributed by atoms with Crippen molar-refractivity contribution in [1.82, 2.24) is 0 Å². The number of carbonyl (C=O) groups is 1. The number of non-ortho nitro benzene ring substituents is 1. The number of nitrogens with zero attached hydrogens (tertiary/aromatic N) is 1. The van der Waals surface area contributed by atoms with Crippen molar-refractivity contribution in [2.45, 2.75) is 0 Å². The molecule has 96 valence electrons. The molecule has 2 aromatic rings. The average molecular weight is 278 g/mol.